The summed E-state index contributed by atoms with van der Waals surface area (Å²) in [4.78, 5) is 7.16. The van der Waals surface area contributed by atoms with Crippen LogP contribution in [0.5, 0.6) is 5.88 Å². The van der Waals surface area contributed by atoms with Gasteiger partial charge in [-0.15, -0.1) is 0 Å². The number of hydrogen-bond acceptors (Lipinski definition) is 4. The van der Waals surface area contributed by atoms with Crippen LogP contribution in [0, 0.1) is 5.82 Å². The maximum Gasteiger partial charge on any atom is 0.254 e. The summed E-state index contributed by atoms with van der Waals surface area (Å²) in [5.74, 6) is -0.727. The van der Waals surface area contributed by atoms with E-state index in [4.69, 9.17) is 21.1 Å². The maximum absolute atomic E-state index is 13.2. The van der Waals surface area contributed by atoms with E-state index in [2.05, 4.69) is 9.97 Å². The summed E-state index contributed by atoms with van der Waals surface area (Å²) in [6.07, 6.45) is 4.12. The molecule has 2 rings (SSSR count). The van der Waals surface area contributed by atoms with Gasteiger partial charge in [-0.25, -0.2) is 4.98 Å². The minimum Gasteiger partial charge on any atom is -0.473 e. The summed E-state index contributed by atoms with van der Waals surface area (Å²) >= 11 is 5.54. The summed E-state index contributed by atoms with van der Waals surface area (Å²) in [5.41, 5.74) is 0. The van der Waals surface area contributed by atoms with Crippen molar-refractivity contribution >= 4 is 11.6 Å². The first-order valence-electron chi connectivity index (χ1n) is 5.18. The summed E-state index contributed by atoms with van der Waals surface area (Å²) in [7, 11) is 0. The third-order valence-electron chi connectivity index (χ3n) is 2.36. The lowest BCUT2D eigenvalue weighted by molar-refractivity contribution is -0.0127. The predicted octanol–water partition coefficient (Wildman–Crippen LogP) is 2.22. The van der Waals surface area contributed by atoms with E-state index in [9.17, 15) is 4.39 Å². The van der Waals surface area contributed by atoms with Gasteiger partial charge in [-0.2, -0.15) is 9.37 Å². The van der Waals surface area contributed by atoms with Gasteiger partial charge in [0, 0.05) is 6.61 Å². The van der Waals surface area contributed by atoms with Gasteiger partial charge in [0.15, 0.2) is 0 Å². The molecule has 1 unspecified atom stereocenters. The highest BCUT2D eigenvalue weighted by Gasteiger charge is 2.16. The highest BCUT2D eigenvalue weighted by molar-refractivity contribution is 6.28. The van der Waals surface area contributed by atoms with Crippen molar-refractivity contribution in [2.24, 2.45) is 0 Å². The monoisotopic (exact) mass is 246 g/mol. The van der Waals surface area contributed by atoms with Crippen molar-refractivity contribution in [3.8, 4) is 5.88 Å². The Kier molecular flexibility index (Phi) is 3.90. The molecule has 1 saturated heterocycles. The smallest absolute Gasteiger partial charge is 0.254 e. The normalized spacial score (nSPS) is 20.8. The minimum atomic E-state index is -0.611. The van der Waals surface area contributed by atoms with Crippen molar-refractivity contribution in [1.29, 1.82) is 0 Å². The van der Waals surface area contributed by atoms with Crippen LogP contribution in [0.1, 0.15) is 19.3 Å². The van der Waals surface area contributed by atoms with E-state index in [1.807, 2.05) is 0 Å². The number of halogens is 2. The van der Waals surface area contributed by atoms with E-state index in [1.165, 1.54) is 0 Å². The Morgan fingerprint density at radius 2 is 2.44 bits per heavy atom. The summed E-state index contributed by atoms with van der Waals surface area (Å²) in [5, 5.41) is -0.0269. The standard InChI is InChI=1S/C10H12ClFN2O2/c11-10-13-5-8(12)9(14-10)16-6-7-3-1-2-4-15-7/h5,7H,1-4,6H2. The SMILES string of the molecule is Fc1cnc(Cl)nc1OCC1CCCCO1. The molecule has 1 atom stereocenters. The fraction of sp³-hybridized carbons (Fsp3) is 0.600. The quantitative estimate of drug-likeness (QED) is 0.767. The molecule has 1 aromatic heterocycles. The van der Waals surface area contributed by atoms with E-state index in [0.29, 0.717) is 6.61 Å². The van der Waals surface area contributed by atoms with Crippen LogP contribution in [0.4, 0.5) is 4.39 Å². The van der Waals surface area contributed by atoms with E-state index < -0.39 is 5.82 Å². The molecule has 88 valence electrons. The molecule has 2 heterocycles. The van der Waals surface area contributed by atoms with Crippen LogP contribution in [0.2, 0.25) is 5.28 Å². The Balaban J connectivity index is 1.90. The molecule has 4 nitrogen and oxygen atoms in total. The first-order valence-corrected chi connectivity index (χ1v) is 5.56. The van der Waals surface area contributed by atoms with Crippen LogP contribution in [0.15, 0.2) is 6.20 Å². The van der Waals surface area contributed by atoms with Crippen molar-refractivity contribution in [3.05, 3.63) is 17.3 Å². The Morgan fingerprint density at radius 3 is 3.19 bits per heavy atom. The number of ether oxygens (including phenoxy) is 2. The second kappa shape index (κ2) is 5.41. The lowest BCUT2D eigenvalue weighted by atomic mass is 10.1. The average molecular weight is 247 g/mol. The van der Waals surface area contributed by atoms with E-state index in [-0.39, 0.29) is 17.3 Å². The van der Waals surface area contributed by atoms with Crippen molar-refractivity contribution in [2.75, 3.05) is 13.2 Å². The zero-order valence-corrected chi connectivity index (χ0v) is 9.41. The molecule has 0 saturated carbocycles. The Labute approximate surface area is 97.8 Å². The van der Waals surface area contributed by atoms with Gasteiger partial charge in [0.05, 0.1) is 12.3 Å². The van der Waals surface area contributed by atoms with Gasteiger partial charge in [-0.3, -0.25) is 0 Å². The minimum absolute atomic E-state index is 0.0156. The molecule has 6 heteroatoms. The van der Waals surface area contributed by atoms with Crippen molar-refractivity contribution in [3.63, 3.8) is 0 Å². The third kappa shape index (κ3) is 3.02. The van der Waals surface area contributed by atoms with Gasteiger partial charge < -0.3 is 9.47 Å². The van der Waals surface area contributed by atoms with E-state index >= 15 is 0 Å². The van der Waals surface area contributed by atoms with Crippen LogP contribution >= 0.6 is 11.6 Å². The number of aromatic nitrogens is 2. The summed E-state index contributed by atoms with van der Waals surface area (Å²) in [6.45, 7) is 1.03. The van der Waals surface area contributed by atoms with E-state index in [0.717, 1.165) is 32.1 Å². The Hall–Kier alpha value is -0.940. The van der Waals surface area contributed by atoms with Crippen LogP contribution in [-0.2, 0) is 4.74 Å². The fourth-order valence-electron chi connectivity index (χ4n) is 1.54. The lowest BCUT2D eigenvalue weighted by Crippen LogP contribution is -2.26. The third-order valence-corrected chi connectivity index (χ3v) is 2.54. The number of nitrogens with zero attached hydrogens (tertiary/aromatic N) is 2. The van der Waals surface area contributed by atoms with Crippen molar-refractivity contribution < 1.29 is 13.9 Å². The molecule has 1 aliphatic rings. The molecule has 0 aliphatic carbocycles. The molecule has 1 aliphatic heterocycles. The lowest BCUT2D eigenvalue weighted by Gasteiger charge is -2.22. The molecule has 0 N–H and O–H groups in total. The summed E-state index contributed by atoms with van der Waals surface area (Å²) < 4.78 is 23.8. The highest BCUT2D eigenvalue weighted by Crippen LogP contribution is 2.17. The molecule has 0 bridgehead atoms. The van der Waals surface area contributed by atoms with Crippen LogP contribution in [0.25, 0.3) is 0 Å². The Morgan fingerprint density at radius 1 is 1.56 bits per heavy atom. The first kappa shape index (κ1) is 11.5. The van der Waals surface area contributed by atoms with Crippen molar-refractivity contribution in [2.45, 2.75) is 25.4 Å². The second-order valence-corrected chi connectivity index (χ2v) is 3.93. The maximum atomic E-state index is 13.2. The zero-order valence-electron chi connectivity index (χ0n) is 8.66. The van der Waals surface area contributed by atoms with Gasteiger partial charge >= 0.3 is 0 Å². The average Bonchev–Trinajstić information content (AvgIpc) is 2.32. The number of hydrogen-bond donors (Lipinski definition) is 0. The molecule has 0 spiro atoms. The van der Waals surface area contributed by atoms with Gasteiger partial charge in [0.2, 0.25) is 11.1 Å². The topological polar surface area (TPSA) is 44.2 Å². The zero-order chi connectivity index (χ0) is 11.4. The van der Waals surface area contributed by atoms with Crippen molar-refractivity contribution in [1.82, 2.24) is 9.97 Å². The molecule has 0 aromatic carbocycles. The van der Waals surface area contributed by atoms with Crippen LogP contribution in [0.3, 0.4) is 0 Å². The van der Waals surface area contributed by atoms with Gasteiger partial charge in [-0.05, 0) is 30.9 Å². The van der Waals surface area contributed by atoms with E-state index in [1.54, 1.807) is 0 Å². The van der Waals surface area contributed by atoms with Gasteiger partial charge in [-0.1, -0.05) is 0 Å². The van der Waals surface area contributed by atoms with Crippen LogP contribution in [-0.4, -0.2) is 29.3 Å². The molecule has 16 heavy (non-hydrogen) atoms. The Bertz CT molecular complexity index is 359. The predicted molar refractivity (Wildman–Crippen MR) is 56.1 cm³/mol. The molecular formula is C10H12ClFN2O2. The highest BCUT2D eigenvalue weighted by atomic mass is 35.5. The first-order chi connectivity index (χ1) is 7.75. The number of rotatable bonds is 3. The molecular weight excluding hydrogens is 235 g/mol. The second-order valence-electron chi connectivity index (χ2n) is 3.59. The molecule has 1 aromatic rings. The summed E-state index contributed by atoms with van der Waals surface area (Å²) in [6, 6.07) is 0. The largest absolute Gasteiger partial charge is 0.473 e. The molecule has 0 radical (unpaired) electrons. The molecule has 1 fully saturated rings. The molecule has 0 amide bonds. The van der Waals surface area contributed by atoms with Gasteiger partial charge in [0.1, 0.15) is 6.61 Å². The van der Waals surface area contributed by atoms with Gasteiger partial charge in [0.25, 0.3) is 5.88 Å². The van der Waals surface area contributed by atoms with Crippen LogP contribution < -0.4 is 4.74 Å². The fourth-order valence-corrected chi connectivity index (χ4v) is 1.67.